The van der Waals surface area contributed by atoms with Crippen LogP contribution in [-0.2, 0) is 4.79 Å². The van der Waals surface area contributed by atoms with E-state index in [4.69, 9.17) is 0 Å². The third-order valence-corrected chi connectivity index (χ3v) is 3.42. The van der Waals surface area contributed by atoms with Gasteiger partial charge in [-0.05, 0) is 22.7 Å². The van der Waals surface area contributed by atoms with Crippen molar-refractivity contribution in [3.8, 4) is 0 Å². The molecule has 0 fully saturated rings. The molecule has 7 heteroatoms. The Kier molecular flexibility index (Phi) is 6.78. The third-order valence-electron chi connectivity index (χ3n) is 3.13. The molecule has 0 aromatic rings. The fourth-order valence-corrected chi connectivity index (χ4v) is 2.38. The smallest absolute Gasteiger partial charge is 0.861 e. The van der Waals surface area contributed by atoms with Crippen LogP contribution in [0.3, 0.4) is 0 Å². The van der Waals surface area contributed by atoms with Gasteiger partial charge in [-0.1, -0.05) is 42.8 Å². The second-order valence-electron chi connectivity index (χ2n) is 4.15. The first-order valence-corrected chi connectivity index (χ1v) is 6.08. The van der Waals surface area contributed by atoms with E-state index in [1.165, 1.54) is 0 Å². The van der Waals surface area contributed by atoms with E-state index in [9.17, 15) is 14.7 Å². The summed E-state index contributed by atoms with van der Waals surface area (Å²) in [6, 6.07) is -0.890. The van der Waals surface area contributed by atoms with Gasteiger partial charge in [0.1, 0.15) is 0 Å². The Balaban J connectivity index is 0.00000289. The number of urea groups is 1. The molecule has 1 aliphatic heterocycles. The van der Waals surface area contributed by atoms with Crippen LogP contribution in [-0.4, -0.2) is 17.8 Å². The maximum absolute atomic E-state index is 12.0. The normalized spacial score (nSPS) is 24.7. The standard InChI is InChI=1S/C11H15BrN2O3.Na/c1-4-6(2)11(5-7(3)12)8(15)13-10(17)14-9(11)16;/h6H,3-5H2,1-2H3,(H2,13,14,15,16,17);/q;+1/p-1. The van der Waals surface area contributed by atoms with Crippen molar-refractivity contribution in [3.05, 3.63) is 11.1 Å². The molecule has 0 aromatic carbocycles. The Bertz CT molecular complexity index is 411. The zero-order valence-corrected chi connectivity index (χ0v) is 14.3. The SMILES string of the molecule is C=C(Br)CC1(C(C)CC)C(=O)NC(=O)N=C1[O-].[Na+]. The summed E-state index contributed by atoms with van der Waals surface area (Å²) in [6.45, 7) is 7.32. The minimum atomic E-state index is -1.32. The van der Waals surface area contributed by atoms with Crippen LogP contribution in [0, 0.1) is 11.3 Å². The number of amides is 3. The number of carbonyl (C=O) groups is 2. The summed E-state index contributed by atoms with van der Waals surface area (Å²) in [4.78, 5) is 26.4. The number of hydrogen-bond donors (Lipinski definition) is 1. The Morgan fingerprint density at radius 1 is 1.61 bits per heavy atom. The Labute approximate surface area is 137 Å². The minimum absolute atomic E-state index is 0. The molecule has 3 amide bonds. The number of imide groups is 1. The summed E-state index contributed by atoms with van der Waals surface area (Å²) in [5.74, 6) is -1.49. The Morgan fingerprint density at radius 3 is 2.56 bits per heavy atom. The first-order chi connectivity index (χ1) is 7.84. The van der Waals surface area contributed by atoms with Gasteiger partial charge in [-0.3, -0.25) is 10.1 Å². The van der Waals surface area contributed by atoms with Gasteiger partial charge in [-0.15, -0.1) is 0 Å². The van der Waals surface area contributed by atoms with Gasteiger partial charge in [0, 0.05) is 0 Å². The molecule has 1 heterocycles. The van der Waals surface area contributed by atoms with E-state index in [0.29, 0.717) is 10.9 Å². The van der Waals surface area contributed by atoms with Crippen molar-refractivity contribution in [3.63, 3.8) is 0 Å². The van der Waals surface area contributed by atoms with Crippen LogP contribution in [0.25, 0.3) is 0 Å². The molecule has 0 saturated carbocycles. The Hall–Kier alpha value is -0.170. The van der Waals surface area contributed by atoms with Crippen molar-refractivity contribution >= 4 is 33.8 Å². The number of rotatable bonds is 4. The van der Waals surface area contributed by atoms with E-state index in [2.05, 4.69) is 32.8 Å². The predicted octanol–water partition coefficient (Wildman–Crippen LogP) is -1.67. The maximum atomic E-state index is 12.0. The molecule has 2 unspecified atom stereocenters. The molecule has 0 aromatic heterocycles. The molecule has 0 aliphatic carbocycles. The second-order valence-corrected chi connectivity index (χ2v) is 5.27. The van der Waals surface area contributed by atoms with Crippen molar-refractivity contribution in [2.45, 2.75) is 26.7 Å². The fraction of sp³-hybridized carbons (Fsp3) is 0.545. The molecule has 18 heavy (non-hydrogen) atoms. The van der Waals surface area contributed by atoms with E-state index in [1.54, 1.807) is 6.92 Å². The van der Waals surface area contributed by atoms with Gasteiger partial charge >= 0.3 is 35.6 Å². The molecule has 0 bridgehead atoms. The quantitative estimate of drug-likeness (QED) is 0.628. The van der Waals surface area contributed by atoms with Gasteiger partial charge in [0.15, 0.2) is 0 Å². The van der Waals surface area contributed by atoms with Crippen molar-refractivity contribution < 1.29 is 44.3 Å². The van der Waals surface area contributed by atoms with Crippen LogP contribution in [0.1, 0.15) is 26.7 Å². The van der Waals surface area contributed by atoms with Crippen LogP contribution < -0.4 is 40.0 Å². The minimum Gasteiger partial charge on any atom is -0.861 e. The van der Waals surface area contributed by atoms with Gasteiger partial charge in [-0.2, -0.15) is 0 Å². The van der Waals surface area contributed by atoms with Gasteiger partial charge < -0.3 is 5.11 Å². The average Bonchev–Trinajstić information content (AvgIpc) is 2.22. The van der Waals surface area contributed by atoms with Crippen LogP contribution in [0.5, 0.6) is 0 Å². The number of nitrogens with one attached hydrogen (secondary N) is 1. The molecule has 5 nitrogen and oxygen atoms in total. The summed E-state index contributed by atoms with van der Waals surface area (Å²) in [6.07, 6.45) is 0.770. The molecular formula is C11H14BrN2NaO3. The maximum Gasteiger partial charge on any atom is 1.00 e. The van der Waals surface area contributed by atoms with Gasteiger partial charge in [0.2, 0.25) is 5.91 Å². The number of carbonyl (C=O) groups excluding carboxylic acids is 2. The molecule has 0 radical (unpaired) electrons. The van der Waals surface area contributed by atoms with E-state index >= 15 is 0 Å². The zero-order valence-electron chi connectivity index (χ0n) is 10.7. The van der Waals surface area contributed by atoms with Gasteiger partial charge in [0.05, 0.1) is 5.41 Å². The summed E-state index contributed by atoms with van der Waals surface area (Å²) < 4.78 is 0.533. The molecular weight excluding hydrogens is 311 g/mol. The molecule has 94 valence electrons. The molecule has 0 saturated heterocycles. The van der Waals surface area contributed by atoms with Crippen molar-refractivity contribution in [2.24, 2.45) is 16.3 Å². The van der Waals surface area contributed by atoms with E-state index in [-0.39, 0.29) is 41.9 Å². The number of halogens is 1. The number of nitrogens with zero attached hydrogens (tertiary/aromatic N) is 1. The van der Waals surface area contributed by atoms with E-state index in [1.807, 2.05) is 6.92 Å². The number of aliphatic imine (C=N–C) groups is 1. The van der Waals surface area contributed by atoms with Crippen molar-refractivity contribution in [2.75, 3.05) is 0 Å². The molecule has 1 rings (SSSR count). The molecule has 0 spiro atoms. The molecule has 2 atom stereocenters. The number of hydrogen-bond acceptors (Lipinski definition) is 3. The first-order valence-electron chi connectivity index (χ1n) is 5.29. The largest absolute Gasteiger partial charge is 1.00 e. The number of allylic oxidation sites excluding steroid dienone is 1. The van der Waals surface area contributed by atoms with Gasteiger partial charge in [0.25, 0.3) is 0 Å². The molecule has 1 N–H and O–H groups in total. The van der Waals surface area contributed by atoms with E-state index in [0.717, 1.165) is 0 Å². The average molecular weight is 325 g/mol. The molecule has 1 aliphatic rings. The topological polar surface area (TPSA) is 81.6 Å². The van der Waals surface area contributed by atoms with E-state index < -0.39 is 23.3 Å². The summed E-state index contributed by atoms with van der Waals surface area (Å²) in [5.41, 5.74) is -1.32. The zero-order chi connectivity index (χ0) is 13.2. The fourth-order valence-electron chi connectivity index (χ4n) is 1.94. The van der Waals surface area contributed by atoms with Crippen molar-refractivity contribution in [1.29, 1.82) is 0 Å². The monoisotopic (exact) mass is 324 g/mol. The summed E-state index contributed by atoms with van der Waals surface area (Å²) in [7, 11) is 0. The predicted molar refractivity (Wildman–Crippen MR) is 65.5 cm³/mol. The van der Waals surface area contributed by atoms with Crippen LogP contribution in [0.4, 0.5) is 4.79 Å². The summed E-state index contributed by atoms with van der Waals surface area (Å²) >= 11 is 3.16. The Morgan fingerprint density at radius 2 is 2.17 bits per heavy atom. The van der Waals surface area contributed by atoms with Crippen LogP contribution in [0.15, 0.2) is 16.1 Å². The van der Waals surface area contributed by atoms with Crippen LogP contribution in [0.2, 0.25) is 0 Å². The second kappa shape index (κ2) is 6.84. The van der Waals surface area contributed by atoms with Gasteiger partial charge in [-0.25, -0.2) is 9.79 Å². The third kappa shape index (κ3) is 3.23. The van der Waals surface area contributed by atoms with Crippen molar-refractivity contribution in [1.82, 2.24) is 5.32 Å². The first kappa shape index (κ1) is 17.8. The summed E-state index contributed by atoms with van der Waals surface area (Å²) in [5, 5.41) is 14.1. The van der Waals surface area contributed by atoms with Crippen LogP contribution >= 0.6 is 15.9 Å².